The molecule has 0 saturated carbocycles. The molecule has 0 aliphatic heterocycles. The van der Waals surface area contributed by atoms with E-state index < -0.39 is 7.59 Å². The second-order valence-electron chi connectivity index (χ2n) is 0.956. The zero-order chi connectivity index (χ0) is 5.91. The minimum absolute atomic E-state index is 0.195. The zero-order valence-electron chi connectivity index (χ0n) is 3.50. The van der Waals surface area contributed by atoms with Gasteiger partial charge >= 0.3 is 0 Å². The predicted molar refractivity (Wildman–Crippen MR) is 25.2 cm³/mol. The van der Waals surface area contributed by atoms with Crippen LogP contribution < -0.4 is 16.1 Å². The number of hydrogen-bond donors (Lipinski definition) is 3. The molecule has 0 aromatic carbocycles. The fourth-order valence-electron chi connectivity index (χ4n) is 0.0824. The molecule has 0 heterocycles. The third kappa shape index (κ3) is 5.62. The smallest absolute Gasteiger partial charge is 0.286 e. The fourth-order valence-corrected chi connectivity index (χ4v) is 0.247. The summed E-state index contributed by atoms with van der Waals surface area (Å²) < 4.78 is 10.0. The van der Waals surface area contributed by atoms with Crippen molar-refractivity contribution in [3.8, 4) is 0 Å². The van der Waals surface area contributed by atoms with Gasteiger partial charge in [0.15, 0.2) is 0 Å². The van der Waals surface area contributed by atoms with Crippen LogP contribution in [-0.2, 0) is 9.36 Å². The van der Waals surface area contributed by atoms with Crippen molar-refractivity contribution in [3.05, 3.63) is 0 Å². The number of hydrogen-bond acceptors (Lipinski definition) is 2. The van der Waals surface area contributed by atoms with Gasteiger partial charge in [0.05, 0.1) is 0 Å². The van der Waals surface area contributed by atoms with Crippen LogP contribution in [0.2, 0.25) is 0 Å². The number of carbonyl (C=O) groups is 1. The number of carbonyl (C=O) groups excluding carboxylic acids is 1. The first-order chi connectivity index (χ1) is 3.06. The number of rotatable bonds is 2. The van der Waals surface area contributed by atoms with Crippen LogP contribution >= 0.6 is 7.59 Å². The Kier molecular flexibility index (Phi) is 1.95. The Morgan fingerprint density at radius 3 is 2.00 bits per heavy atom. The molecule has 1 amide bonds. The molecule has 0 atom stereocenters. The first kappa shape index (κ1) is 6.62. The van der Waals surface area contributed by atoms with Crippen molar-refractivity contribution in [2.75, 3.05) is 0 Å². The quantitative estimate of drug-likeness (QED) is 0.316. The highest BCUT2D eigenvalue weighted by molar-refractivity contribution is 7.57. The summed E-state index contributed by atoms with van der Waals surface area (Å²) in [5.74, 6) is 0. The van der Waals surface area contributed by atoms with Crippen molar-refractivity contribution in [2.24, 2.45) is 11.0 Å². The van der Waals surface area contributed by atoms with Crippen molar-refractivity contribution >= 4 is 14.0 Å². The van der Waals surface area contributed by atoms with Gasteiger partial charge in [-0.3, -0.25) is 25.5 Å². The molecule has 0 unspecified atom stereocenters. The number of nitrogens with two attached hydrogens (primary N) is 2. The van der Waals surface area contributed by atoms with E-state index >= 15 is 0 Å². The molecule has 7 heavy (non-hydrogen) atoms. The molecule has 0 saturated heterocycles. The maximum absolute atomic E-state index is 10.0. The first-order valence-corrected chi connectivity index (χ1v) is 3.29. The summed E-state index contributed by atoms with van der Waals surface area (Å²) >= 11 is 0. The van der Waals surface area contributed by atoms with Gasteiger partial charge in [0, 0.05) is 0 Å². The van der Waals surface area contributed by atoms with Gasteiger partial charge in [0.25, 0.3) is 7.59 Å². The Labute approximate surface area is 40.6 Å². The summed E-state index contributed by atoms with van der Waals surface area (Å²) in [5, 5.41) is 1.72. The van der Waals surface area contributed by atoms with Crippen molar-refractivity contribution < 1.29 is 9.36 Å². The van der Waals surface area contributed by atoms with E-state index in [1.807, 2.05) is 0 Å². The molecule has 0 spiro atoms. The molecule has 42 valence electrons. The van der Waals surface area contributed by atoms with E-state index in [0.717, 1.165) is 0 Å². The van der Waals surface area contributed by atoms with Crippen molar-refractivity contribution in [1.82, 2.24) is 5.09 Å². The lowest BCUT2D eigenvalue weighted by molar-refractivity contribution is -0.108. The molecule has 0 aromatic heterocycles. The van der Waals surface area contributed by atoms with Crippen LogP contribution in [0.15, 0.2) is 0 Å². The van der Waals surface area contributed by atoms with E-state index in [0.29, 0.717) is 0 Å². The molecule has 6 heteroatoms. The molecule has 0 bridgehead atoms. The van der Waals surface area contributed by atoms with Gasteiger partial charge in [0.1, 0.15) is 0 Å². The van der Waals surface area contributed by atoms with Crippen LogP contribution in [0, 0.1) is 0 Å². The second-order valence-corrected chi connectivity index (χ2v) is 2.63. The average molecular weight is 123 g/mol. The lowest BCUT2D eigenvalue weighted by atomic mass is 11.5. The summed E-state index contributed by atoms with van der Waals surface area (Å²) in [6.07, 6.45) is 0.195. The third-order valence-corrected chi connectivity index (χ3v) is 0.763. The molecule has 0 aliphatic rings. The molecule has 0 fully saturated rings. The minimum atomic E-state index is -3.28. The predicted octanol–water partition coefficient (Wildman–Crippen LogP) is -1.24. The topological polar surface area (TPSA) is 98.2 Å². The summed E-state index contributed by atoms with van der Waals surface area (Å²) in [7, 11) is -3.28. The molecule has 0 aromatic rings. The van der Waals surface area contributed by atoms with Crippen LogP contribution in [0.5, 0.6) is 0 Å². The maximum Gasteiger partial charge on any atom is 0.300 e. The van der Waals surface area contributed by atoms with Crippen LogP contribution in [0.3, 0.4) is 0 Å². The average Bonchev–Trinajstić information content (AvgIpc) is 1.30. The monoisotopic (exact) mass is 123 g/mol. The van der Waals surface area contributed by atoms with Crippen molar-refractivity contribution in [3.63, 3.8) is 0 Å². The van der Waals surface area contributed by atoms with Gasteiger partial charge in [-0.1, -0.05) is 0 Å². The molecular formula is CH6N3O2P. The van der Waals surface area contributed by atoms with Crippen LogP contribution in [0.1, 0.15) is 0 Å². The van der Waals surface area contributed by atoms with Gasteiger partial charge < -0.3 is 0 Å². The molecule has 0 radical (unpaired) electrons. The lowest BCUT2D eigenvalue weighted by Crippen LogP contribution is -2.20. The third-order valence-electron chi connectivity index (χ3n) is 0.254. The molecule has 0 aliphatic carbocycles. The van der Waals surface area contributed by atoms with E-state index in [9.17, 15) is 9.36 Å². The highest BCUT2D eigenvalue weighted by Gasteiger charge is 2.01. The highest BCUT2D eigenvalue weighted by atomic mass is 31.2. The molecular weight excluding hydrogens is 117 g/mol. The maximum atomic E-state index is 10.0. The van der Waals surface area contributed by atoms with Crippen LogP contribution in [0.4, 0.5) is 0 Å². The number of nitrogens with one attached hydrogen (secondary N) is 1. The first-order valence-electron chi connectivity index (χ1n) is 1.45. The van der Waals surface area contributed by atoms with Gasteiger partial charge in [-0.15, -0.1) is 0 Å². The Morgan fingerprint density at radius 2 is 2.00 bits per heavy atom. The summed E-state index contributed by atoms with van der Waals surface area (Å²) in [6.45, 7) is 0. The molecule has 5 N–H and O–H groups in total. The van der Waals surface area contributed by atoms with Crippen molar-refractivity contribution in [1.29, 1.82) is 0 Å². The van der Waals surface area contributed by atoms with Crippen LogP contribution in [0.25, 0.3) is 0 Å². The SMILES string of the molecule is NP(N)(=O)NC=O. The summed E-state index contributed by atoms with van der Waals surface area (Å²) in [5.41, 5.74) is 9.27. The normalized spacial score (nSPS) is 10.6. The minimum Gasteiger partial charge on any atom is -0.286 e. The van der Waals surface area contributed by atoms with E-state index in [-0.39, 0.29) is 6.41 Å². The highest BCUT2D eigenvalue weighted by Crippen LogP contribution is 2.14. The van der Waals surface area contributed by atoms with E-state index in [4.69, 9.17) is 0 Å². The van der Waals surface area contributed by atoms with E-state index in [1.54, 1.807) is 5.09 Å². The second kappa shape index (κ2) is 2.07. The summed E-state index contributed by atoms with van der Waals surface area (Å²) in [6, 6.07) is 0. The van der Waals surface area contributed by atoms with Crippen LogP contribution in [-0.4, -0.2) is 6.41 Å². The van der Waals surface area contributed by atoms with E-state index in [1.165, 1.54) is 0 Å². The number of amides is 1. The Morgan fingerprint density at radius 1 is 1.57 bits per heavy atom. The zero-order valence-corrected chi connectivity index (χ0v) is 4.39. The van der Waals surface area contributed by atoms with Gasteiger partial charge in [-0.25, -0.2) is 0 Å². The molecule has 0 rings (SSSR count). The Bertz CT molecular complexity index is 106. The Balaban J connectivity index is 3.57. The van der Waals surface area contributed by atoms with Crippen molar-refractivity contribution in [2.45, 2.75) is 0 Å². The standard InChI is InChI=1S/CH6N3O2P/c2-7(3,6)4-1-5/h1H,(H5,2,3,4,5,6). The van der Waals surface area contributed by atoms with E-state index in [2.05, 4.69) is 11.0 Å². The fraction of sp³-hybridized carbons (Fsp3) is 0. The molecule has 5 nitrogen and oxygen atoms in total. The largest absolute Gasteiger partial charge is 0.300 e. The Hall–Kier alpha value is -0.380. The van der Waals surface area contributed by atoms with Gasteiger partial charge in [0.2, 0.25) is 6.41 Å². The van der Waals surface area contributed by atoms with Gasteiger partial charge in [-0.05, 0) is 0 Å². The lowest BCUT2D eigenvalue weighted by Gasteiger charge is -1.99. The van der Waals surface area contributed by atoms with Gasteiger partial charge in [-0.2, -0.15) is 0 Å². The summed E-state index contributed by atoms with van der Waals surface area (Å²) in [4.78, 5) is 9.38.